The molecule has 0 spiro atoms. The quantitative estimate of drug-likeness (QED) is 0.710. The molecule has 3 N–H and O–H groups in total. The van der Waals surface area contributed by atoms with E-state index in [0.29, 0.717) is 12.4 Å². The van der Waals surface area contributed by atoms with Crippen molar-refractivity contribution in [1.82, 2.24) is 4.98 Å². The molecule has 4 heteroatoms. The number of nitrogens with zero attached hydrogens (tertiary/aromatic N) is 1. The predicted octanol–water partition coefficient (Wildman–Crippen LogP) is 0.472. The molecule has 1 heterocycles. The zero-order valence-electron chi connectivity index (χ0n) is 7.60. The van der Waals surface area contributed by atoms with Gasteiger partial charge in [0.1, 0.15) is 5.75 Å². The third kappa shape index (κ3) is 2.40. The van der Waals surface area contributed by atoms with E-state index in [2.05, 4.69) is 4.98 Å². The first kappa shape index (κ1) is 9.95. The Morgan fingerprint density at radius 2 is 2.46 bits per heavy atom. The number of hydrogen-bond acceptors (Lipinski definition) is 4. The lowest BCUT2D eigenvalue weighted by Gasteiger charge is -2.13. The van der Waals surface area contributed by atoms with Gasteiger partial charge in [-0.2, -0.15) is 0 Å². The fourth-order valence-electron chi connectivity index (χ4n) is 1.06. The number of nitrogens with two attached hydrogens (primary N) is 1. The van der Waals surface area contributed by atoms with E-state index < -0.39 is 6.04 Å². The van der Waals surface area contributed by atoms with Gasteiger partial charge in [-0.25, -0.2) is 0 Å². The molecule has 1 unspecified atom stereocenters. The summed E-state index contributed by atoms with van der Waals surface area (Å²) in [7, 11) is 0. The number of ether oxygens (including phenoxy) is 1. The van der Waals surface area contributed by atoms with Gasteiger partial charge in [0.25, 0.3) is 0 Å². The maximum absolute atomic E-state index is 8.87. The summed E-state index contributed by atoms with van der Waals surface area (Å²) in [6.45, 7) is 2.37. The number of aliphatic hydroxyl groups is 1. The van der Waals surface area contributed by atoms with E-state index in [0.717, 1.165) is 5.56 Å². The Balaban J connectivity index is 2.90. The molecule has 1 atom stereocenters. The zero-order chi connectivity index (χ0) is 9.68. The van der Waals surface area contributed by atoms with E-state index >= 15 is 0 Å². The van der Waals surface area contributed by atoms with Crippen molar-refractivity contribution in [2.45, 2.75) is 13.0 Å². The van der Waals surface area contributed by atoms with Crippen molar-refractivity contribution in [2.24, 2.45) is 5.73 Å². The molecular weight excluding hydrogens is 168 g/mol. The Kier molecular flexibility index (Phi) is 3.67. The van der Waals surface area contributed by atoms with Crippen molar-refractivity contribution in [3.05, 3.63) is 24.0 Å². The van der Waals surface area contributed by atoms with Crippen molar-refractivity contribution in [2.75, 3.05) is 13.2 Å². The molecule has 0 radical (unpaired) electrons. The molecule has 1 rings (SSSR count). The molecule has 0 bridgehead atoms. The van der Waals surface area contributed by atoms with Crippen LogP contribution in [0.25, 0.3) is 0 Å². The summed E-state index contributed by atoms with van der Waals surface area (Å²) in [5, 5.41) is 8.87. The van der Waals surface area contributed by atoms with Crippen LogP contribution in [0.4, 0.5) is 0 Å². The lowest BCUT2D eigenvalue weighted by Crippen LogP contribution is -2.16. The first-order valence-corrected chi connectivity index (χ1v) is 4.22. The van der Waals surface area contributed by atoms with Crippen LogP contribution in [0.2, 0.25) is 0 Å². The van der Waals surface area contributed by atoms with E-state index in [4.69, 9.17) is 15.6 Å². The van der Waals surface area contributed by atoms with Gasteiger partial charge in [0.2, 0.25) is 0 Å². The maximum Gasteiger partial charge on any atom is 0.127 e. The highest BCUT2D eigenvalue weighted by atomic mass is 16.5. The minimum absolute atomic E-state index is 0.105. The molecule has 0 aliphatic carbocycles. The van der Waals surface area contributed by atoms with Crippen LogP contribution in [0.5, 0.6) is 5.75 Å². The van der Waals surface area contributed by atoms with Gasteiger partial charge in [-0.05, 0) is 13.0 Å². The van der Waals surface area contributed by atoms with Gasteiger partial charge in [-0.3, -0.25) is 4.98 Å². The first-order valence-electron chi connectivity index (χ1n) is 4.22. The van der Waals surface area contributed by atoms with Crippen LogP contribution in [-0.4, -0.2) is 23.3 Å². The molecular formula is C9H14N2O2. The molecule has 1 aromatic rings. The summed E-state index contributed by atoms with van der Waals surface area (Å²) in [6.07, 6.45) is 3.25. The van der Waals surface area contributed by atoms with Gasteiger partial charge in [0, 0.05) is 18.0 Å². The van der Waals surface area contributed by atoms with Crippen LogP contribution in [0.3, 0.4) is 0 Å². The normalized spacial score (nSPS) is 12.5. The van der Waals surface area contributed by atoms with E-state index in [1.54, 1.807) is 18.5 Å². The smallest absolute Gasteiger partial charge is 0.127 e. The van der Waals surface area contributed by atoms with Crippen molar-refractivity contribution >= 4 is 0 Å². The van der Waals surface area contributed by atoms with Crippen LogP contribution in [0.1, 0.15) is 18.5 Å². The number of aliphatic hydroxyl groups excluding tert-OH is 1. The lowest BCUT2D eigenvalue weighted by molar-refractivity contribution is 0.261. The Bertz CT molecular complexity index is 266. The summed E-state index contributed by atoms with van der Waals surface area (Å²) in [5.74, 6) is 0.694. The molecule has 72 valence electrons. The standard InChI is InChI=1S/C9H14N2O2/c1-2-13-9-3-4-11-5-7(9)8(10)6-12/h3-5,8,12H,2,6,10H2,1H3. The van der Waals surface area contributed by atoms with Gasteiger partial charge in [0.15, 0.2) is 0 Å². The van der Waals surface area contributed by atoms with Gasteiger partial charge in [-0.15, -0.1) is 0 Å². The number of pyridine rings is 1. The molecule has 0 saturated carbocycles. The van der Waals surface area contributed by atoms with E-state index in [1.807, 2.05) is 6.92 Å². The Labute approximate surface area is 77.4 Å². The fourth-order valence-corrected chi connectivity index (χ4v) is 1.06. The summed E-state index contributed by atoms with van der Waals surface area (Å²) < 4.78 is 5.33. The minimum atomic E-state index is -0.421. The van der Waals surface area contributed by atoms with Crippen molar-refractivity contribution < 1.29 is 9.84 Å². The van der Waals surface area contributed by atoms with Crippen LogP contribution >= 0.6 is 0 Å². The van der Waals surface area contributed by atoms with Crippen molar-refractivity contribution in [3.8, 4) is 5.75 Å². The van der Waals surface area contributed by atoms with E-state index in [-0.39, 0.29) is 6.61 Å². The van der Waals surface area contributed by atoms with Gasteiger partial charge < -0.3 is 15.6 Å². The highest BCUT2D eigenvalue weighted by Gasteiger charge is 2.10. The monoisotopic (exact) mass is 182 g/mol. The lowest BCUT2D eigenvalue weighted by atomic mass is 10.1. The average molecular weight is 182 g/mol. The molecule has 0 aliphatic heterocycles. The number of aromatic nitrogens is 1. The zero-order valence-corrected chi connectivity index (χ0v) is 7.60. The summed E-state index contributed by atoms with van der Waals surface area (Å²) in [6, 6.07) is 1.32. The van der Waals surface area contributed by atoms with Gasteiger partial charge in [-0.1, -0.05) is 0 Å². The largest absolute Gasteiger partial charge is 0.493 e. The first-order chi connectivity index (χ1) is 6.29. The summed E-state index contributed by atoms with van der Waals surface area (Å²) in [5.41, 5.74) is 6.40. The maximum atomic E-state index is 8.87. The highest BCUT2D eigenvalue weighted by molar-refractivity contribution is 5.32. The Hall–Kier alpha value is -1.13. The Morgan fingerprint density at radius 3 is 3.08 bits per heavy atom. The van der Waals surface area contributed by atoms with Crippen molar-refractivity contribution in [3.63, 3.8) is 0 Å². The molecule has 0 amide bonds. The average Bonchev–Trinajstić information content (AvgIpc) is 2.18. The van der Waals surface area contributed by atoms with Gasteiger partial charge >= 0.3 is 0 Å². The van der Waals surface area contributed by atoms with Crippen LogP contribution < -0.4 is 10.5 Å². The SMILES string of the molecule is CCOc1ccncc1C(N)CO. The Morgan fingerprint density at radius 1 is 1.69 bits per heavy atom. The minimum Gasteiger partial charge on any atom is -0.493 e. The molecule has 1 aromatic heterocycles. The van der Waals surface area contributed by atoms with Gasteiger partial charge in [0.05, 0.1) is 19.3 Å². The molecule has 4 nitrogen and oxygen atoms in total. The molecule has 0 saturated heterocycles. The van der Waals surface area contributed by atoms with Crippen LogP contribution in [0, 0.1) is 0 Å². The summed E-state index contributed by atoms with van der Waals surface area (Å²) in [4.78, 5) is 3.93. The molecule has 0 aliphatic rings. The number of rotatable bonds is 4. The van der Waals surface area contributed by atoms with E-state index in [1.165, 1.54) is 0 Å². The second kappa shape index (κ2) is 4.79. The van der Waals surface area contributed by atoms with E-state index in [9.17, 15) is 0 Å². The predicted molar refractivity (Wildman–Crippen MR) is 49.4 cm³/mol. The highest BCUT2D eigenvalue weighted by Crippen LogP contribution is 2.21. The van der Waals surface area contributed by atoms with Crippen LogP contribution in [0.15, 0.2) is 18.5 Å². The molecule has 13 heavy (non-hydrogen) atoms. The topological polar surface area (TPSA) is 68.4 Å². The second-order valence-corrected chi connectivity index (χ2v) is 2.64. The second-order valence-electron chi connectivity index (χ2n) is 2.64. The van der Waals surface area contributed by atoms with Crippen molar-refractivity contribution in [1.29, 1.82) is 0 Å². The number of hydrogen-bond donors (Lipinski definition) is 2. The molecule has 0 aromatic carbocycles. The third-order valence-corrected chi connectivity index (χ3v) is 1.71. The third-order valence-electron chi connectivity index (χ3n) is 1.71. The summed E-state index contributed by atoms with van der Waals surface area (Å²) >= 11 is 0. The fraction of sp³-hybridized carbons (Fsp3) is 0.444. The molecule has 0 fully saturated rings. The van der Waals surface area contributed by atoms with Crippen LogP contribution in [-0.2, 0) is 0 Å².